The van der Waals surface area contributed by atoms with Gasteiger partial charge in [0, 0.05) is 10.7 Å². The fourth-order valence-electron chi connectivity index (χ4n) is 0.780. The van der Waals surface area contributed by atoms with Gasteiger partial charge in [-0.3, -0.25) is 4.79 Å². The van der Waals surface area contributed by atoms with Crippen LogP contribution in [-0.4, -0.2) is 16.4 Å². The predicted molar refractivity (Wildman–Crippen MR) is 44.3 cm³/mol. The largest absolute Gasteiger partial charge is 0.298 e. The second-order valence-electron chi connectivity index (χ2n) is 2.47. The molecule has 1 saturated carbocycles. The number of alkyl halides is 2. The SMILES string of the molecule is O=C(CBr)C1(CBr)CC1. The zero-order chi connectivity index (χ0) is 6.91. The highest BCUT2D eigenvalue weighted by atomic mass is 79.9. The maximum Gasteiger partial charge on any atom is 0.150 e. The third-order valence-electron chi connectivity index (χ3n) is 1.82. The van der Waals surface area contributed by atoms with Crippen molar-refractivity contribution in [3.63, 3.8) is 0 Å². The van der Waals surface area contributed by atoms with E-state index in [-0.39, 0.29) is 5.41 Å². The minimum atomic E-state index is 0.0312. The molecule has 0 amide bonds. The molecule has 1 fully saturated rings. The van der Waals surface area contributed by atoms with Crippen molar-refractivity contribution in [2.45, 2.75) is 12.8 Å². The molecule has 9 heavy (non-hydrogen) atoms. The lowest BCUT2D eigenvalue weighted by Crippen LogP contribution is -2.17. The molecule has 1 aliphatic carbocycles. The van der Waals surface area contributed by atoms with Crippen molar-refractivity contribution in [1.29, 1.82) is 0 Å². The van der Waals surface area contributed by atoms with Crippen molar-refractivity contribution in [1.82, 2.24) is 0 Å². The van der Waals surface area contributed by atoms with Gasteiger partial charge in [0.2, 0.25) is 0 Å². The molecule has 0 atom stereocenters. The Kier molecular flexibility index (Phi) is 2.32. The Morgan fingerprint density at radius 3 is 2.11 bits per heavy atom. The van der Waals surface area contributed by atoms with Gasteiger partial charge in [-0.25, -0.2) is 0 Å². The number of hydrogen-bond donors (Lipinski definition) is 0. The summed E-state index contributed by atoms with van der Waals surface area (Å²) in [6.45, 7) is 0. The smallest absolute Gasteiger partial charge is 0.150 e. The number of carbonyl (C=O) groups is 1. The average Bonchev–Trinajstić information content (AvgIpc) is 2.66. The van der Waals surface area contributed by atoms with Crippen LogP contribution in [0.15, 0.2) is 0 Å². The summed E-state index contributed by atoms with van der Waals surface area (Å²) in [7, 11) is 0. The Labute approximate surface area is 71.5 Å². The van der Waals surface area contributed by atoms with Crippen molar-refractivity contribution in [3.05, 3.63) is 0 Å². The maximum absolute atomic E-state index is 11.1. The Morgan fingerprint density at radius 2 is 2.00 bits per heavy atom. The molecule has 0 saturated heterocycles. The summed E-state index contributed by atoms with van der Waals surface area (Å²) in [6, 6.07) is 0. The molecule has 0 bridgehead atoms. The van der Waals surface area contributed by atoms with Crippen LogP contribution in [0.4, 0.5) is 0 Å². The van der Waals surface area contributed by atoms with Gasteiger partial charge in [0.05, 0.1) is 5.33 Å². The summed E-state index contributed by atoms with van der Waals surface area (Å²) in [6.07, 6.45) is 2.14. The molecule has 1 aliphatic rings. The van der Waals surface area contributed by atoms with Crippen molar-refractivity contribution in [2.24, 2.45) is 5.41 Å². The highest BCUT2D eigenvalue weighted by molar-refractivity contribution is 9.09. The third-order valence-corrected chi connectivity index (χ3v) is 3.40. The van der Waals surface area contributed by atoms with Gasteiger partial charge in [-0.15, -0.1) is 0 Å². The maximum atomic E-state index is 11.1. The Hall–Kier alpha value is 0.630. The van der Waals surface area contributed by atoms with Gasteiger partial charge in [0.25, 0.3) is 0 Å². The van der Waals surface area contributed by atoms with Gasteiger partial charge in [-0.2, -0.15) is 0 Å². The topological polar surface area (TPSA) is 17.1 Å². The zero-order valence-electron chi connectivity index (χ0n) is 4.99. The summed E-state index contributed by atoms with van der Waals surface area (Å²) in [5.74, 6) is 0.347. The first kappa shape index (κ1) is 7.73. The molecule has 0 heterocycles. The second-order valence-corrected chi connectivity index (χ2v) is 3.59. The number of rotatable bonds is 3. The summed E-state index contributed by atoms with van der Waals surface area (Å²) < 4.78 is 0. The number of hydrogen-bond acceptors (Lipinski definition) is 1. The third kappa shape index (κ3) is 1.37. The van der Waals surface area contributed by atoms with Crippen LogP contribution in [0.5, 0.6) is 0 Å². The summed E-state index contributed by atoms with van der Waals surface area (Å²) in [5.41, 5.74) is 0.0312. The van der Waals surface area contributed by atoms with Crippen LogP contribution >= 0.6 is 31.9 Å². The van der Waals surface area contributed by atoms with E-state index in [0.29, 0.717) is 11.1 Å². The van der Waals surface area contributed by atoms with E-state index in [0.717, 1.165) is 18.2 Å². The minimum Gasteiger partial charge on any atom is -0.298 e. The Bertz CT molecular complexity index is 129. The van der Waals surface area contributed by atoms with Gasteiger partial charge in [0.1, 0.15) is 5.78 Å². The van der Waals surface area contributed by atoms with Crippen molar-refractivity contribution >= 4 is 37.6 Å². The molecular weight excluding hydrogens is 248 g/mol. The number of carbonyl (C=O) groups excluding carboxylic acids is 1. The van der Waals surface area contributed by atoms with Gasteiger partial charge in [-0.1, -0.05) is 31.9 Å². The Balaban J connectivity index is 2.49. The van der Waals surface area contributed by atoms with E-state index >= 15 is 0 Å². The monoisotopic (exact) mass is 254 g/mol. The molecule has 1 nitrogen and oxygen atoms in total. The lowest BCUT2D eigenvalue weighted by Gasteiger charge is -2.05. The van der Waals surface area contributed by atoms with Crippen LogP contribution in [0.1, 0.15) is 12.8 Å². The lowest BCUT2D eigenvalue weighted by molar-refractivity contribution is -0.120. The van der Waals surface area contributed by atoms with E-state index < -0.39 is 0 Å². The predicted octanol–water partition coefficient (Wildman–Crippen LogP) is 2.13. The van der Waals surface area contributed by atoms with Gasteiger partial charge >= 0.3 is 0 Å². The molecule has 0 N–H and O–H groups in total. The normalized spacial score (nSPS) is 21.6. The Morgan fingerprint density at radius 1 is 1.44 bits per heavy atom. The molecule has 0 aromatic carbocycles. The fourth-order valence-corrected chi connectivity index (χ4v) is 2.25. The molecule has 0 aliphatic heterocycles. The first-order valence-electron chi connectivity index (χ1n) is 2.90. The van der Waals surface area contributed by atoms with Crippen molar-refractivity contribution in [2.75, 3.05) is 10.7 Å². The van der Waals surface area contributed by atoms with E-state index in [9.17, 15) is 4.79 Å². The molecule has 0 unspecified atom stereocenters. The van der Waals surface area contributed by atoms with E-state index in [2.05, 4.69) is 31.9 Å². The van der Waals surface area contributed by atoms with Crippen molar-refractivity contribution < 1.29 is 4.79 Å². The molecule has 0 spiro atoms. The quantitative estimate of drug-likeness (QED) is 0.707. The van der Waals surface area contributed by atoms with Crippen molar-refractivity contribution in [3.8, 4) is 0 Å². The van der Waals surface area contributed by atoms with Gasteiger partial charge in [0.15, 0.2) is 0 Å². The van der Waals surface area contributed by atoms with Gasteiger partial charge < -0.3 is 0 Å². The second kappa shape index (κ2) is 2.70. The van der Waals surface area contributed by atoms with Gasteiger partial charge in [-0.05, 0) is 12.8 Å². The van der Waals surface area contributed by atoms with Crippen LogP contribution in [0, 0.1) is 5.41 Å². The van der Waals surface area contributed by atoms with Crippen LogP contribution in [0.3, 0.4) is 0 Å². The first-order valence-corrected chi connectivity index (χ1v) is 5.15. The zero-order valence-corrected chi connectivity index (χ0v) is 8.16. The van der Waals surface area contributed by atoms with E-state index in [1.54, 1.807) is 0 Å². The fraction of sp³-hybridized carbons (Fsp3) is 0.833. The van der Waals surface area contributed by atoms with E-state index in [1.807, 2.05) is 0 Å². The van der Waals surface area contributed by atoms with Crippen LogP contribution in [0.25, 0.3) is 0 Å². The molecule has 0 aromatic heterocycles. The molecule has 0 aromatic rings. The minimum absolute atomic E-state index is 0.0312. The number of Topliss-reactive ketones (excluding diaryl/α,β-unsaturated/α-hetero) is 1. The molecule has 1 rings (SSSR count). The lowest BCUT2D eigenvalue weighted by atomic mass is 10.1. The highest BCUT2D eigenvalue weighted by Gasteiger charge is 2.47. The number of halogens is 2. The van der Waals surface area contributed by atoms with Crippen LogP contribution in [0.2, 0.25) is 0 Å². The molecule has 0 radical (unpaired) electrons. The standard InChI is InChI=1S/C6H8Br2O/c7-3-5(9)6(4-8)1-2-6/h1-4H2. The number of ketones is 1. The van der Waals surface area contributed by atoms with Crippen LogP contribution < -0.4 is 0 Å². The summed E-state index contributed by atoms with van der Waals surface area (Å²) in [4.78, 5) is 11.1. The molecular formula is C6H8Br2O. The summed E-state index contributed by atoms with van der Waals surface area (Å²) in [5, 5.41) is 1.35. The van der Waals surface area contributed by atoms with E-state index in [4.69, 9.17) is 0 Å². The average molecular weight is 256 g/mol. The highest BCUT2D eigenvalue weighted by Crippen LogP contribution is 2.48. The molecule has 52 valence electrons. The first-order chi connectivity index (χ1) is 4.25. The molecule has 3 heteroatoms. The van der Waals surface area contributed by atoms with Crippen LogP contribution in [-0.2, 0) is 4.79 Å². The summed E-state index contributed by atoms with van der Waals surface area (Å²) >= 11 is 6.49. The van der Waals surface area contributed by atoms with E-state index in [1.165, 1.54) is 0 Å².